The Morgan fingerprint density at radius 3 is 1.75 bits per heavy atom. The molecule has 0 aromatic carbocycles. The Morgan fingerprint density at radius 2 is 1.25 bits per heavy atom. The maximum atomic E-state index is 5.97. The monoisotopic (exact) mass is 228 g/mol. The maximum absolute atomic E-state index is 5.97. The van der Waals surface area contributed by atoms with Crippen molar-refractivity contribution in [3.63, 3.8) is 0 Å². The standard InChI is InChI=1S/C14H32N2/c1-2-11-14(16)12-9-7-5-3-4-6-8-10-13-15/h14H,2-13,15-16H2,1H3. The van der Waals surface area contributed by atoms with E-state index in [4.69, 9.17) is 11.5 Å². The first-order valence-corrected chi connectivity index (χ1v) is 7.27. The fourth-order valence-electron chi connectivity index (χ4n) is 2.13. The van der Waals surface area contributed by atoms with Crippen LogP contribution in [0.15, 0.2) is 0 Å². The van der Waals surface area contributed by atoms with Crippen LogP contribution in [0.5, 0.6) is 0 Å². The first-order valence-electron chi connectivity index (χ1n) is 7.27. The molecule has 0 radical (unpaired) electrons. The molecule has 2 nitrogen and oxygen atoms in total. The first kappa shape index (κ1) is 15.9. The Bertz CT molecular complexity index is 126. The third-order valence-corrected chi connectivity index (χ3v) is 3.19. The quantitative estimate of drug-likeness (QED) is 0.502. The molecular weight excluding hydrogens is 196 g/mol. The van der Waals surface area contributed by atoms with E-state index in [9.17, 15) is 0 Å². The second kappa shape index (κ2) is 13.0. The predicted octanol–water partition coefficient (Wildman–Crippen LogP) is 3.58. The lowest BCUT2D eigenvalue weighted by Crippen LogP contribution is -2.18. The minimum atomic E-state index is 0.453. The fraction of sp³-hybridized carbons (Fsp3) is 1.00. The summed E-state index contributed by atoms with van der Waals surface area (Å²) in [5.74, 6) is 0. The van der Waals surface area contributed by atoms with Gasteiger partial charge in [0, 0.05) is 6.04 Å². The number of rotatable bonds is 12. The molecule has 0 spiro atoms. The summed E-state index contributed by atoms with van der Waals surface area (Å²) in [6.45, 7) is 3.07. The lowest BCUT2D eigenvalue weighted by atomic mass is 10.0. The van der Waals surface area contributed by atoms with Crippen LogP contribution in [-0.4, -0.2) is 12.6 Å². The van der Waals surface area contributed by atoms with Crippen LogP contribution >= 0.6 is 0 Å². The summed E-state index contributed by atoms with van der Waals surface area (Å²) in [5.41, 5.74) is 11.4. The van der Waals surface area contributed by atoms with Gasteiger partial charge in [-0.25, -0.2) is 0 Å². The molecule has 0 saturated carbocycles. The molecule has 0 saturated heterocycles. The van der Waals surface area contributed by atoms with Crippen molar-refractivity contribution in [3.05, 3.63) is 0 Å². The van der Waals surface area contributed by atoms with Gasteiger partial charge < -0.3 is 11.5 Å². The predicted molar refractivity (Wildman–Crippen MR) is 73.5 cm³/mol. The van der Waals surface area contributed by atoms with Crippen LogP contribution in [0.4, 0.5) is 0 Å². The molecule has 98 valence electrons. The molecule has 0 fully saturated rings. The largest absolute Gasteiger partial charge is 0.330 e. The molecule has 0 rings (SSSR count). The van der Waals surface area contributed by atoms with Crippen LogP contribution in [0.3, 0.4) is 0 Å². The van der Waals surface area contributed by atoms with Crippen LogP contribution in [0.25, 0.3) is 0 Å². The number of unbranched alkanes of at least 4 members (excludes halogenated alkanes) is 7. The molecular formula is C14H32N2. The SMILES string of the molecule is CCCC(N)CCCCCCCCCCN. The van der Waals surface area contributed by atoms with Crippen molar-refractivity contribution in [3.8, 4) is 0 Å². The molecule has 0 aliphatic rings. The van der Waals surface area contributed by atoms with Gasteiger partial charge in [-0.3, -0.25) is 0 Å². The molecule has 1 atom stereocenters. The Balaban J connectivity index is 2.98. The molecule has 0 aromatic rings. The first-order chi connectivity index (χ1) is 7.81. The molecule has 0 aromatic heterocycles. The molecule has 0 bridgehead atoms. The van der Waals surface area contributed by atoms with Gasteiger partial charge in [-0.2, -0.15) is 0 Å². The Kier molecular flexibility index (Phi) is 12.9. The van der Waals surface area contributed by atoms with E-state index in [0.29, 0.717) is 6.04 Å². The van der Waals surface area contributed by atoms with Crippen LogP contribution in [0.1, 0.15) is 77.6 Å². The number of nitrogens with two attached hydrogens (primary N) is 2. The van der Waals surface area contributed by atoms with E-state index >= 15 is 0 Å². The summed E-state index contributed by atoms with van der Waals surface area (Å²) in [6.07, 6.45) is 14.4. The van der Waals surface area contributed by atoms with Gasteiger partial charge in [0.05, 0.1) is 0 Å². The van der Waals surface area contributed by atoms with Gasteiger partial charge in [-0.15, -0.1) is 0 Å². The summed E-state index contributed by atoms with van der Waals surface area (Å²) in [4.78, 5) is 0. The minimum Gasteiger partial charge on any atom is -0.330 e. The lowest BCUT2D eigenvalue weighted by Gasteiger charge is -2.09. The Labute approximate surface area is 102 Å². The van der Waals surface area contributed by atoms with Crippen LogP contribution in [0, 0.1) is 0 Å². The molecule has 2 heteroatoms. The summed E-state index contributed by atoms with van der Waals surface area (Å²) < 4.78 is 0. The van der Waals surface area contributed by atoms with E-state index in [1.807, 2.05) is 0 Å². The van der Waals surface area contributed by atoms with E-state index in [2.05, 4.69) is 6.92 Å². The third-order valence-electron chi connectivity index (χ3n) is 3.19. The summed E-state index contributed by atoms with van der Waals surface area (Å²) in [7, 11) is 0. The zero-order chi connectivity index (χ0) is 12.1. The van der Waals surface area contributed by atoms with Crippen molar-refractivity contribution >= 4 is 0 Å². The van der Waals surface area contributed by atoms with Crippen LogP contribution in [-0.2, 0) is 0 Å². The zero-order valence-electron chi connectivity index (χ0n) is 11.2. The average Bonchev–Trinajstić information content (AvgIpc) is 2.27. The molecule has 1 unspecified atom stereocenters. The molecule has 16 heavy (non-hydrogen) atoms. The normalized spacial score (nSPS) is 12.9. The molecule has 4 N–H and O–H groups in total. The van der Waals surface area contributed by atoms with Crippen LogP contribution < -0.4 is 11.5 Å². The minimum absolute atomic E-state index is 0.453. The Morgan fingerprint density at radius 1 is 0.750 bits per heavy atom. The number of hydrogen-bond donors (Lipinski definition) is 2. The van der Waals surface area contributed by atoms with Gasteiger partial charge in [0.2, 0.25) is 0 Å². The van der Waals surface area contributed by atoms with E-state index in [-0.39, 0.29) is 0 Å². The summed E-state index contributed by atoms with van der Waals surface area (Å²) in [5, 5.41) is 0. The molecule has 0 amide bonds. The molecule has 0 aliphatic carbocycles. The second-order valence-corrected chi connectivity index (χ2v) is 4.95. The van der Waals surface area contributed by atoms with Gasteiger partial charge in [0.1, 0.15) is 0 Å². The van der Waals surface area contributed by atoms with E-state index < -0.39 is 0 Å². The number of hydrogen-bond acceptors (Lipinski definition) is 2. The summed E-state index contributed by atoms with van der Waals surface area (Å²) in [6, 6.07) is 0.453. The van der Waals surface area contributed by atoms with Gasteiger partial charge in [-0.1, -0.05) is 58.3 Å². The maximum Gasteiger partial charge on any atom is 0.00387 e. The highest BCUT2D eigenvalue weighted by atomic mass is 14.6. The summed E-state index contributed by atoms with van der Waals surface area (Å²) >= 11 is 0. The fourth-order valence-corrected chi connectivity index (χ4v) is 2.13. The second-order valence-electron chi connectivity index (χ2n) is 4.95. The topological polar surface area (TPSA) is 52.0 Å². The molecule has 0 aliphatic heterocycles. The average molecular weight is 228 g/mol. The highest BCUT2D eigenvalue weighted by molar-refractivity contribution is 4.60. The smallest absolute Gasteiger partial charge is 0.00387 e. The third kappa shape index (κ3) is 12.0. The van der Waals surface area contributed by atoms with Gasteiger partial charge in [0.25, 0.3) is 0 Å². The molecule has 0 heterocycles. The Hall–Kier alpha value is -0.0800. The van der Waals surface area contributed by atoms with Gasteiger partial charge in [-0.05, 0) is 25.8 Å². The highest BCUT2D eigenvalue weighted by Gasteiger charge is 1.99. The van der Waals surface area contributed by atoms with Crippen molar-refractivity contribution in [2.75, 3.05) is 6.54 Å². The van der Waals surface area contributed by atoms with Crippen molar-refractivity contribution in [1.82, 2.24) is 0 Å². The lowest BCUT2D eigenvalue weighted by molar-refractivity contribution is 0.503. The van der Waals surface area contributed by atoms with E-state index in [1.165, 1.54) is 70.6 Å². The zero-order valence-corrected chi connectivity index (χ0v) is 11.2. The van der Waals surface area contributed by atoms with Crippen molar-refractivity contribution in [2.45, 2.75) is 83.6 Å². The van der Waals surface area contributed by atoms with Crippen molar-refractivity contribution in [2.24, 2.45) is 11.5 Å². The van der Waals surface area contributed by atoms with Gasteiger partial charge in [0.15, 0.2) is 0 Å². The van der Waals surface area contributed by atoms with Crippen molar-refractivity contribution < 1.29 is 0 Å². The van der Waals surface area contributed by atoms with Crippen LogP contribution in [0.2, 0.25) is 0 Å². The van der Waals surface area contributed by atoms with E-state index in [1.54, 1.807) is 0 Å². The van der Waals surface area contributed by atoms with Crippen molar-refractivity contribution in [1.29, 1.82) is 0 Å². The van der Waals surface area contributed by atoms with Gasteiger partial charge >= 0.3 is 0 Å². The highest BCUT2D eigenvalue weighted by Crippen LogP contribution is 2.11. The van der Waals surface area contributed by atoms with E-state index in [0.717, 1.165) is 6.54 Å².